The summed E-state index contributed by atoms with van der Waals surface area (Å²) in [5.74, 6) is -0.218. The summed E-state index contributed by atoms with van der Waals surface area (Å²) >= 11 is 0. The first-order valence-corrected chi connectivity index (χ1v) is 6.27. The molecule has 1 atom stereocenters. The van der Waals surface area contributed by atoms with Crippen LogP contribution >= 0.6 is 0 Å². The SMILES string of the molecule is Cc1cnc(CNC(=O)[C@H](F)c2ccc(C(F)(F)F)cc2)o1. The summed E-state index contributed by atoms with van der Waals surface area (Å²) in [6.45, 7) is 1.56. The summed E-state index contributed by atoms with van der Waals surface area (Å²) in [5, 5.41) is 2.26. The van der Waals surface area contributed by atoms with E-state index in [0.29, 0.717) is 5.76 Å². The van der Waals surface area contributed by atoms with Crippen molar-refractivity contribution >= 4 is 5.91 Å². The smallest absolute Gasteiger partial charge is 0.416 e. The topological polar surface area (TPSA) is 55.1 Å². The van der Waals surface area contributed by atoms with E-state index in [9.17, 15) is 22.4 Å². The number of aryl methyl sites for hydroxylation is 1. The third-order valence-corrected chi connectivity index (χ3v) is 2.84. The zero-order valence-corrected chi connectivity index (χ0v) is 11.4. The molecule has 0 bridgehead atoms. The molecule has 8 heteroatoms. The first kappa shape index (κ1) is 16.0. The van der Waals surface area contributed by atoms with Crippen molar-refractivity contribution in [2.45, 2.75) is 25.8 Å². The van der Waals surface area contributed by atoms with Gasteiger partial charge < -0.3 is 9.73 Å². The second kappa shape index (κ2) is 6.17. The van der Waals surface area contributed by atoms with Crippen molar-refractivity contribution in [1.82, 2.24) is 10.3 Å². The van der Waals surface area contributed by atoms with Crippen molar-refractivity contribution in [3.8, 4) is 0 Å². The van der Waals surface area contributed by atoms with E-state index < -0.39 is 23.8 Å². The highest BCUT2D eigenvalue weighted by atomic mass is 19.4. The van der Waals surface area contributed by atoms with Gasteiger partial charge in [0.15, 0.2) is 0 Å². The Morgan fingerprint density at radius 2 is 1.95 bits per heavy atom. The average Bonchev–Trinajstić information content (AvgIpc) is 2.89. The van der Waals surface area contributed by atoms with Gasteiger partial charge in [-0.05, 0) is 24.6 Å². The van der Waals surface area contributed by atoms with Gasteiger partial charge in [-0.15, -0.1) is 0 Å². The van der Waals surface area contributed by atoms with Gasteiger partial charge in [-0.25, -0.2) is 9.37 Å². The lowest BCUT2D eigenvalue weighted by Gasteiger charge is -2.11. The van der Waals surface area contributed by atoms with Crippen LogP contribution in [0.4, 0.5) is 17.6 Å². The summed E-state index contributed by atoms with van der Waals surface area (Å²) < 4.78 is 56.2. The van der Waals surface area contributed by atoms with Crippen molar-refractivity contribution in [1.29, 1.82) is 0 Å². The van der Waals surface area contributed by atoms with Gasteiger partial charge in [-0.2, -0.15) is 13.2 Å². The van der Waals surface area contributed by atoms with E-state index in [1.807, 2.05) is 0 Å². The molecule has 4 nitrogen and oxygen atoms in total. The van der Waals surface area contributed by atoms with E-state index in [4.69, 9.17) is 4.42 Å². The van der Waals surface area contributed by atoms with Gasteiger partial charge in [0.05, 0.1) is 18.3 Å². The number of benzene rings is 1. The summed E-state index contributed by atoms with van der Waals surface area (Å²) in [6.07, 6.45) is -5.13. The van der Waals surface area contributed by atoms with Crippen LogP contribution < -0.4 is 5.32 Å². The third kappa shape index (κ3) is 3.84. The maximum Gasteiger partial charge on any atom is 0.416 e. The molecule has 2 rings (SSSR count). The summed E-state index contributed by atoms with van der Waals surface area (Å²) in [5.41, 5.74) is -1.06. The molecule has 1 amide bonds. The molecule has 1 N–H and O–H groups in total. The lowest BCUT2D eigenvalue weighted by atomic mass is 10.1. The van der Waals surface area contributed by atoms with Crippen LogP contribution in [0.2, 0.25) is 0 Å². The fourth-order valence-corrected chi connectivity index (χ4v) is 1.73. The number of carbonyl (C=O) groups excluding carboxylic acids is 1. The monoisotopic (exact) mass is 316 g/mol. The molecule has 1 aromatic heterocycles. The van der Waals surface area contributed by atoms with Crippen LogP contribution in [0.15, 0.2) is 34.9 Å². The van der Waals surface area contributed by atoms with Crippen LogP contribution in [0, 0.1) is 6.92 Å². The maximum absolute atomic E-state index is 13.9. The average molecular weight is 316 g/mol. The fraction of sp³-hybridized carbons (Fsp3) is 0.286. The van der Waals surface area contributed by atoms with Gasteiger partial charge >= 0.3 is 6.18 Å². The molecular weight excluding hydrogens is 304 g/mol. The van der Waals surface area contributed by atoms with Gasteiger partial charge in [0.1, 0.15) is 5.76 Å². The highest BCUT2D eigenvalue weighted by Gasteiger charge is 2.30. The Labute approximate surface area is 123 Å². The molecule has 0 radical (unpaired) electrons. The summed E-state index contributed by atoms with van der Waals surface area (Å²) in [7, 11) is 0. The van der Waals surface area contributed by atoms with E-state index >= 15 is 0 Å². The number of nitrogens with one attached hydrogen (secondary N) is 1. The minimum Gasteiger partial charge on any atom is -0.444 e. The van der Waals surface area contributed by atoms with Gasteiger partial charge in [0, 0.05) is 0 Å². The van der Waals surface area contributed by atoms with Crippen molar-refractivity contribution in [3.63, 3.8) is 0 Å². The number of nitrogens with zero attached hydrogens (tertiary/aromatic N) is 1. The quantitative estimate of drug-likeness (QED) is 0.880. The van der Waals surface area contributed by atoms with Crippen LogP contribution in [0.3, 0.4) is 0 Å². The molecule has 0 aliphatic heterocycles. The minimum absolute atomic E-state index is 0.103. The van der Waals surface area contributed by atoms with E-state index in [-0.39, 0.29) is 18.0 Å². The predicted molar refractivity (Wildman–Crippen MR) is 68.4 cm³/mol. The number of amides is 1. The number of hydrogen-bond donors (Lipinski definition) is 1. The van der Waals surface area contributed by atoms with Crippen molar-refractivity contribution < 1.29 is 26.8 Å². The first-order valence-electron chi connectivity index (χ1n) is 6.27. The van der Waals surface area contributed by atoms with Crippen molar-refractivity contribution in [3.05, 3.63) is 53.2 Å². The number of halogens is 4. The Bertz CT molecular complexity index is 650. The minimum atomic E-state index is -4.50. The molecule has 2 aromatic rings. The van der Waals surface area contributed by atoms with Gasteiger partial charge in [0.25, 0.3) is 5.91 Å². The van der Waals surface area contributed by atoms with E-state index in [1.54, 1.807) is 6.92 Å². The van der Waals surface area contributed by atoms with Gasteiger partial charge in [-0.3, -0.25) is 4.79 Å². The van der Waals surface area contributed by atoms with E-state index in [2.05, 4.69) is 10.3 Å². The normalized spacial score (nSPS) is 13.0. The number of carbonyl (C=O) groups is 1. The summed E-state index contributed by atoms with van der Waals surface area (Å²) in [6, 6.07) is 3.32. The van der Waals surface area contributed by atoms with Crippen LogP contribution in [0.25, 0.3) is 0 Å². The standard InChI is InChI=1S/C14H12F4N2O2/c1-8-6-19-11(22-8)7-20-13(21)12(15)9-2-4-10(5-3-9)14(16,17)18/h2-6,12H,7H2,1H3,(H,20,21)/t12-/m1/s1. The molecule has 0 fully saturated rings. The largest absolute Gasteiger partial charge is 0.444 e. The van der Waals surface area contributed by atoms with Crippen LogP contribution in [0.5, 0.6) is 0 Å². The Hall–Kier alpha value is -2.38. The lowest BCUT2D eigenvalue weighted by molar-refractivity contribution is -0.137. The number of oxazole rings is 1. The van der Waals surface area contributed by atoms with E-state index in [0.717, 1.165) is 24.3 Å². The Kier molecular flexibility index (Phi) is 4.48. The third-order valence-electron chi connectivity index (χ3n) is 2.84. The number of rotatable bonds is 4. The Morgan fingerprint density at radius 3 is 2.45 bits per heavy atom. The number of aromatic nitrogens is 1. The molecule has 0 saturated heterocycles. The molecule has 0 aliphatic carbocycles. The predicted octanol–water partition coefficient (Wildman–Crippen LogP) is 3.33. The number of hydrogen-bond acceptors (Lipinski definition) is 3. The molecule has 0 saturated carbocycles. The fourth-order valence-electron chi connectivity index (χ4n) is 1.73. The molecule has 118 valence electrons. The molecule has 22 heavy (non-hydrogen) atoms. The maximum atomic E-state index is 13.9. The first-order chi connectivity index (χ1) is 10.3. The lowest BCUT2D eigenvalue weighted by Crippen LogP contribution is -2.27. The Balaban J connectivity index is 1.98. The van der Waals surface area contributed by atoms with Crippen LogP contribution in [0.1, 0.15) is 28.9 Å². The highest BCUT2D eigenvalue weighted by Crippen LogP contribution is 2.30. The zero-order valence-electron chi connectivity index (χ0n) is 11.4. The molecule has 0 spiro atoms. The Morgan fingerprint density at radius 1 is 1.32 bits per heavy atom. The second-order valence-electron chi connectivity index (χ2n) is 4.56. The molecular formula is C14H12F4N2O2. The van der Waals surface area contributed by atoms with Crippen molar-refractivity contribution in [2.24, 2.45) is 0 Å². The molecule has 1 heterocycles. The van der Waals surface area contributed by atoms with Gasteiger partial charge in [0.2, 0.25) is 12.1 Å². The van der Waals surface area contributed by atoms with Crippen LogP contribution in [-0.2, 0) is 17.5 Å². The molecule has 0 aliphatic rings. The van der Waals surface area contributed by atoms with Gasteiger partial charge in [-0.1, -0.05) is 12.1 Å². The highest BCUT2D eigenvalue weighted by molar-refractivity contribution is 5.81. The van der Waals surface area contributed by atoms with E-state index in [1.165, 1.54) is 6.20 Å². The zero-order chi connectivity index (χ0) is 16.3. The van der Waals surface area contributed by atoms with Crippen LogP contribution in [-0.4, -0.2) is 10.9 Å². The number of alkyl halides is 4. The molecule has 1 aromatic carbocycles. The van der Waals surface area contributed by atoms with Crippen molar-refractivity contribution in [2.75, 3.05) is 0 Å². The second-order valence-corrected chi connectivity index (χ2v) is 4.56. The summed E-state index contributed by atoms with van der Waals surface area (Å²) in [4.78, 5) is 15.5. The molecule has 0 unspecified atom stereocenters.